The maximum absolute atomic E-state index is 11.8. The van der Waals surface area contributed by atoms with Gasteiger partial charge in [-0.25, -0.2) is 0 Å². The van der Waals surface area contributed by atoms with E-state index in [1.54, 1.807) is 0 Å². The Morgan fingerprint density at radius 1 is 0.947 bits per heavy atom. The molecule has 0 fully saturated rings. The first-order valence-electron chi connectivity index (χ1n) is 8.31. The summed E-state index contributed by atoms with van der Waals surface area (Å²) in [6.07, 6.45) is 11.2. The van der Waals surface area contributed by atoms with Gasteiger partial charge in [-0.15, -0.1) is 0 Å². The second-order valence-electron chi connectivity index (χ2n) is 5.95. The molecular weight excluding hydrogens is 236 g/mol. The van der Waals surface area contributed by atoms with Gasteiger partial charge in [0.05, 0.1) is 6.10 Å². The van der Waals surface area contributed by atoms with Gasteiger partial charge >= 0.3 is 0 Å². The molecule has 0 bridgehead atoms. The SMILES string of the molecule is CCCCCCCC(=O)CC(C)C(O)CCCCC. The Kier molecular flexibility index (Phi) is 12.4. The summed E-state index contributed by atoms with van der Waals surface area (Å²) < 4.78 is 0. The number of aliphatic hydroxyl groups is 1. The maximum atomic E-state index is 11.8. The normalized spacial score (nSPS) is 14.3. The summed E-state index contributed by atoms with van der Waals surface area (Å²) in [4.78, 5) is 11.8. The zero-order valence-electron chi connectivity index (χ0n) is 13.3. The van der Waals surface area contributed by atoms with E-state index in [1.165, 1.54) is 38.5 Å². The maximum Gasteiger partial charge on any atom is 0.133 e. The number of carbonyl (C=O) groups is 1. The van der Waals surface area contributed by atoms with Crippen LogP contribution in [0, 0.1) is 5.92 Å². The zero-order valence-corrected chi connectivity index (χ0v) is 13.3. The highest BCUT2D eigenvalue weighted by Gasteiger charge is 2.17. The van der Waals surface area contributed by atoms with Gasteiger partial charge in [0.2, 0.25) is 0 Å². The molecule has 0 amide bonds. The highest BCUT2D eigenvalue weighted by Crippen LogP contribution is 2.17. The largest absolute Gasteiger partial charge is 0.393 e. The van der Waals surface area contributed by atoms with Crippen LogP contribution in [-0.4, -0.2) is 17.0 Å². The molecule has 2 nitrogen and oxygen atoms in total. The molecule has 19 heavy (non-hydrogen) atoms. The van der Waals surface area contributed by atoms with Gasteiger partial charge in [-0.1, -0.05) is 65.7 Å². The van der Waals surface area contributed by atoms with E-state index in [1.807, 2.05) is 6.92 Å². The molecule has 0 aliphatic heterocycles. The number of hydrogen-bond acceptors (Lipinski definition) is 2. The fourth-order valence-corrected chi connectivity index (χ4v) is 2.41. The van der Waals surface area contributed by atoms with Crippen molar-refractivity contribution in [3.8, 4) is 0 Å². The third-order valence-electron chi connectivity index (χ3n) is 3.87. The minimum Gasteiger partial charge on any atom is -0.393 e. The molecule has 0 aromatic rings. The molecule has 2 heteroatoms. The van der Waals surface area contributed by atoms with Crippen LogP contribution in [-0.2, 0) is 4.79 Å². The fraction of sp³-hybridized carbons (Fsp3) is 0.941. The van der Waals surface area contributed by atoms with E-state index in [-0.39, 0.29) is 12.0 Å². The fourth-order valence-electron chi connectivity index (χ4n) is 2.41. The molecule has 114 valence electrons. The van der Waals surface area contributed by atoms with E-state index in [0.29, 0.717) is 18.6 Å². The van der Waals surface area contributed by atoms with Crippen LogP contribution in [0.4, 0.5) is 0 Å². The Balaban J connectivity index is 3.61. The monoisotopic (exact) mass is 270 g/mol. The van der Waals surface area contributed by atoms with Gasteiger partial charge in [0.15, 0.2) is 0 Å². The van der Waals surface area contributed by atoms with Crippen LogP contribution < -0.4 is 0 Å². The van der Waals surface area contributed by atoms with Crippen LogP contribution in [0.5, 0.6) is 0 Å². The molecule has 1 N–H and O–H groups in total. The Hall–Kier alpha value is -0.370. The van der Waals surface area contributed by atoms with Crippen molar-refractivity contribution in [2.75, 3.05) is 0 Å². The molecule has 0 aliphatic rings. The van der Waals surface area contributed by atoms with E-state index >= 15 is 0 Å². The van der Waals surface area contributed by atoms with Crippen LogP contribution >= 0.6 is 0 Å². The molecule has 2 unspecified atom stereocenters. The Labute approximate surface area is 120 Å². The predicted octanol–water partition coefficient (Wildman–Crippen LogP) is 4.88. The number of ketones is 1. The molecule has 0 saturated heterocycles. The lowest BCUT2D eigenvalue weighted by Gasteiger charge is -2.18. The summed E-state index contributed by atoms with van der Waals surface area (Å²) in [6, 6.07) is 0. The standard InChI is InChI=1S/C17H34O2/c1-4-6-8-9-11-12-16(18)14-15(3)17(19)13-10-7-5-2/h15,17,19H,4-14H2,1-3H3. The van der Waals surface area contributed by atoms with E-state index < -0.39 is 0 Å². The lowest BCUT2D eigenvalue weighted by molar-refractivity contribution is -0.120. The second kappa shape index (κ2) is 12.7. The van der Waals surface area contributed by atoms with Crippen molar-refractivity contribution in [2.24, 2.45) is 5.92 Å². The topological polar surface area (TPSA) is 37.3 Å². The van der Waals surface area contributed by atoms with Gasteiger partial charge in [0.1, 0.15) is 5.78 Å². The van der Waals surface area contributed by atoms with Crippen LogP contribution in [0.1, 0.15) is 91.4 Å². The van der Waals surface area contributed by atoms with Crippen LogP contribution in [0.2, 0.25) is 0 Å². The minimum atomic E-state index is -0.296. The number of rotatable bonds is 13. The van der Waals surface area contributed by atoms with Gasteiger partial charge in [-0.2, -0.15) is 0 Å². The van der Waals surface area contributed by atoms with E-state index in [9.17, 15) is 9.90 Å². The van der Waals surface area contributed by atoms with Crippen LogP contribution in [0.15, 0.2) is 0 Å². The summed E-state index contributed by atoms with van der Waals surface area (Å²) in [5.41, 5.74) is 0. The zero-order chi connectivity index (χ0) is 14.5. The van der Waals surface area contributed by atoms with Crippen molar-refractivity contribution in [3.05, 3.63) is 0 Å². The first-order valence-corrected chi connectivity index (χ1v) is 8.31. The molecule has 0 aliphatic carbocycles. The minimum absolute atomic E-state index is 0.125. The number of unbranched alkanes of at least 4 members (excludes halogenated alkanes) is 6. The predicted molar refractivity (Wildman–Crippen MR) is 82.3 cm³/mol. The lowest BCUT2D eigenvalue weighted by atomic mass is 9.93. The molecule has 0 rings (SSSR count). The van der Waals surface area contributed by atoms with E-state index in [4.69, 9.17) is 0 Å². The van der Waals surface area contributed by atoms with Gasteiger partial charge in [0.25, 0.3) is 0 Å². The van der Waals surface area contributed by atoms with Crippen LogP contribution in [0.25, 0.3) is 0 Å². The average Bonchev–Trinajstić information content (AvgIpc) is 2.38. The highest BCUT2D eigenvalue weighted by atomic mass is 16.3. The molecule has 0 aromatic carbocycles. The van der Waals surface area contributed by atoms with E-state index in [0.717, 1.165) is 19.3 Å². The first kappa shape index (κ1) is 18.6. The van der Waals surface area contributed by atoms with Crippen molar-refractivity contribution < 1.29 is 9.90 Å². The molecule has 0 saturated carbocycles. The molecule has 2 atom stereocenters. The van der Waals surface area contributed by atoms with E-state index in [2.05, 4.69) is 13.8 Å². The van der Waals surface area contributed by atoms with Crippen molar-refractivity contribution in [3.63, 3.8) is 0 Å². The summed E-state index contributed by atoms with van der Waals surface area (Å²) in [6.45, 7) is 6.37. The summed E-state index contributed by atoms with van der Waals surface area (Å²) in [7, 11) is 0. The summed E-state index contributed by atoms with van der Waals surface area (Å²) in [5, 5.41) is 9.98. The van der Waals surface area contributed by atoms with Gasteiger partial charge in [-0.3, -0.25) is 4.79 Å². The Morgan fingerprint density at radius 3 is 2.16 bits per heavy atom. The average molecular weight is 270 g/mol. The highest BCUT2D eigenvalue weighted by molar-refractivity contribution is 5.78. The number of aliphatic hydroxyl groups excluding tert-OH is 1. The molecule has 0 aromatic heterocycles. The quantitative estimate of drug-likeness (QED) is 0.484. The number of Topliss-reactive ketones (excluding diaryl/α,β-unsaturated/α-hetero) is 1. The molecule has 0 heterocycles. The Bertz CT molecular complexity index is 213. The number of carbonyl (C=O) groups excluding carboxylic acids is 1. The summed E-state index contributed by atoms with van der Waals surface area (Å²) in [5.74, 6) is 0.457. The van der Waals surface area contributed by atoms with Crippen molar-refractivity contribution >= 4 is 5.78 Å². The van der Waals surface area contributed by atoms with Crippen molar-refractivity contribution in [1.82, 2.24) is 0 Å². The van der Waals surface area contributed by atoms with Crippen LogP contribution in [0.3, 0.4) is 0 Å². The third kappa shape index (κ3) is 11.2. The Morgan fingerprint density at radius 2 is 1.53 bits per heavy atom. The number of hydrogen-bond donors (Lipinski definition) is 1. The molecular formula is C17H34O2. The van der Waals surface area contributed by atoms with Crippen molar-refractivity contribution in [1.29, 1.82) is 0 Å². The first-order chi connectivity index (χ1) is 9.11. The lowest BCUT2D eigenvalue weighted by Crippen LogP contribution is -2.20. The van der Waals surface area contributed by atoms with Gasteiger partial charge in [0, 0.05) is 12.8 Å². The molecule has 0 radical (unpaired) electrons. The van der Waals surface area contributed by atoms with Gasteiger partial charge in [-0.05, 0) is 18.8 Å². The molecule has 0 spiro atoms. The second-order valence-corrected chi connectivity index (χ2v) is 5.95. The summed E-state index contributed by atoms with van der Waals surface area (Å²) >= 11 is 0. The third-order valence-corrected chi connectivity index (χ3v) is 3.87. The smallest absolute Gasteiger partial charge is 0.133 e. The van der Waals surface area contributed by atoms with Gasteiger partial charge < -0.3 is 5.11 Å². The van der Waals surface area contributed by atoms with Crippen molar-refractivity contribution in [2.45, 2.75) is 97.5 Å².